The molecule has 1 unspecified atom stereocenters. The molecule has 3 N–H and O–H groups in total. The summed E-state index contributed by atoms with van der Waals surface area (Å²) in [6.45, 7) is 2.80. The number of para-hydroxylation sites is 1. The van der Waals surface area contributed by atoms with Gasteiger partial charge in [-0.05, 0) is 76.2 Å². The summed E-state index contributed by atoms with van der Waals surface area (Å²) in [5.74, 6) is 0.529. The van der Waals surface area contributed by atoms with Crippen molar-refractivity contribution in [1.82, 2.24) is 20.5 Å². The Balaban J connectivity index is 0.00000306. The molecule has 6 heteroatoms. The number of fused-ring (bicyclic) bond motifs is 1. The largest absolute Gasteiger partial charge is 0.361 e. The maximum absolute atomic E-state index is 12.5. The number of rotatable bonds is 7. The molecule has 1 heterocycles. The number of carbonyl (C=O) groups is 1. The number of benzene rings is 2. The fourth-order valence-electron chi connectivity index (χ4n) is 5.30. The minimum absolute atomic E-state index is 0. The number of urea groups is 1. The molecule has 2 amide bonds. The number of H-pyrrole nitrogens is 1. The molecule has 2 aromatic carbocycles. The van der Waals surface area contributed by atoms with Gasteiger partial charge in [-0.15, -0.1) is 12.4 Å². The number of nitrogens with zero attached hydrogens (tertiary/aromatic N) is 1. The Hall–Kier alpha value is -2.50. The molecule has 1 saturated carbocycles. The predicted molar refractivity (Wildman–Crippen MR) is 139 cm³/mol. The van der Waals surface area contributed by atoms with Crippen molar-refractivity contribution in [1.29, 1.82) is 0 Å². The number of aromatic nitrogens is 1. The van der Waals surface area contributed by atoms with Crippen LogP contribution in [0.15, 0.2) is 60.8 Å². The molecule has 178 valence electrons. The van der Waals surface area contributed by atoms with Crippen molar-refractivity contribution in [2.45, 2.75) is 50.6 Å². The van der Waals surface area contributed by atoms with Gasteiger partial charge in [0, 0.05) is 35.2 Å². The second-order valence-electron chi connectivity index (χ2n) is 9.55. The van der Waals surface area contributed by atoms with E-state index in [9.17, 15) is 4.79 Å². The zero-order valence-corrected chi connectivity index (χ0v) is 20.8. The van der Waals surface area contributed by atoms with Crippen molar-refractivity contribution in [3.63, 3.8) is 0 Å². The van der Waals surface area contributed by atoms with Gasteiger partial charge >= 0.3 is 6.03 Å². The lowest BCUT2D eigenvalue weighted by molar-refractivity contribution is 0.0775. The third-order valence-electron chi connectivity index (χ3n) is 7.23. The maximum atomic E-state index is 12.5. The molecule has 3 aromatic rings. The molecule has 1 atom stereocenters. The molecular formula is C27H37ClN4O. The van der Waals surface area contributed by atoms with Gasteiger partial charge in [0.25, 0.3) is 0 Å². The predicted octanol–water partition coefficient (Wildman–Crippen LogP) is 5.47. The first kappa shape index (κ1) is 25.1. The summed E-state index contributed by atoms with van der Waals surface area (Å²) in [5, 5.41) is 7.46. The smallest absolute Gasteiger partial charge is 0.315 e. The Kier molecular flexibility index (Phi) is 8.44. The summed E-state index contributed by atoms with van der Waals surface area (Å²) >= 11 is 0. The van der Waals surface area contributed by atoms with E-state index in [1.54, 1.807) is 0 Å². The van der Waals surface area contributed by atoms with Crippen LogP contribution in [-0.2, 0) is 12.0 Å². The first-order chi connectivity index (χ1) is 15.5. The van der Waals surface area contributed by atoms with E-state index in [1.165, 1.54) is 16.5 Å². The SMILES string of the molecule is CC(Cc1c[nH]c2ccccc12)NC(=O)NCC1CCC(c2ccccc2)(N(C)C)CC1.Cl. The van der Waals surface area contributed by atoms with Gasteiger partial charge in [-0.1, -0.05) is 48.5 Å². The molecule has 1 aromatic heterocycles. The molecule has 1 fully saturated rings. The van der Waals surface area contributed by atoms with Gasteiger partial charge in [0.05, 0.1) is 0 Å². The van der Waals surface area contributed by atoms with E-state index in [4.69, 9.17) is 0 Å². The first-order valence-electron chi connectivity index (χ1n) is 11.8. The Bertz CT molecular complexity index is 1020. The summed E-state index contributed by atoms with van der Waals surface area (Å²) in [5.41, 5.74) is 3.89. The first-order valence-corrected chi connectivity index (χ1v) is 11.8. The number of hydrogen-bond donors (Lipinski definition) is 3. The summed E-state index contributed by atoms with van der Waals surface area (Å²) < 4.78 is 0. The summed E-state index contributed by atoms with van der Waals surface area (Å²) in [4.78, 5) is 18.2. The van der Waals surface area contributed by atoms with Gasteiger partial charge in [0.1, 0.15) is 0 Å². The third-order valence-corrected chi connectivity index (χ3v) is 7.23. The highest BCUT2D eigenvalue weighted by molar-refractivity contribution is 5.85. The van der Waals surface area contributed by atoms with Crippen LogP contribution in [0.25, 0.3) is 10.9 Å². The summed E-state index contributed by atoms with van der Waals surface area (Å²) in [6.07, 6.45) is 7.34. The molecule has 0 spiro atoms. The number of amides is 2. The van der Waals surface area contributed by atoms with Crippen molar-refractivity contribution in [2.75, 3.05) is 20.6 Å². The van der Waals surface area contributed by atoms with E-state index in [1.807, 2.05) is 12.3 Å². The van der Waals surface area contributed by atoms with Crippen molar-refractivity contribution < 1.29 is 4.79 Å². The minimum Gasteiger partial charge on any atom is -0.361 e. The summed E-state index contributed by atoms with van der Waals surface area (Å²) in [6, 6.07) is 19.2. The fraction of sp³-hybridized carbons (Fsp3) is 0.444. The molecule has 33 heavy (non-hydrogen) atoms. The number of halogens is 1. The van der Waals surface area contributed by atoms with Gasteiger partial charge < -0.3 is 15.6 Å². The van der Waals surface area contributed by atoms with Crippen molar-refractivity contribution in [2.24, 2.45) is 5.92 Å². The highest BCUT2D eigenvalue weighted by Gasteiger charge is 2.38. The van der Waals surface area contributed by atoms with Crippen LogP contribution in [-0.4, -0.2) is 42.6 Å². The Labute approximate surface area is 203 Å². The average molecular weight is 469 g/mol. The topological polar surface area (TPSA) is 60.2 Å². The van der Waals surface area contributed by atoms with Crippen LogP contribution in [0, 0.1) is 5.92 Å². The third kappa shape index (κ3) is 5.71. The second-order valence-corrected chi connectivity index (χ2v) is 9.55. The lowest BCUT2D eigenvalue weighted by Gasteiger charge is -2.45. The van der Waals surface area contributed by atoms with E-state index in [0.717, 1.165) is 44.2 Å². The van der Waals surface area contributed by atoms with Crippen LogP contribution >= 0.6 is 12.4 Å². The Morgan fingerprint density at radius 3 is 2.45 bits per heavy atom. The fourth-order valence-corrected chi connectivity index (χ4v) is 5.30. The molecule has 0 bridgehead atoms. The van der Waals surface area contributed by atoms with E-state index >= 15 is 0 Å². The zero-order valence-electron chi connectivity index (χ0n) is 19.9. The maximum Gasteiger partial charge on any atom is 0.315 e. The van der Waals surface area contributed by atoms with E-state index in [-0.39, 0.29) is 30.0 Å². The van der Waals surface area contributed by atoms with Crippen molar-refractivity contribution in [3.8, 4) is 0 Å². The van der Waals surface area contributed by atoms with Gasteiger partial charge in [-0.2, -0.15) is 0 Å². The standard InChI is InChI=1S/C27H36N4O.ClH/c1-20(17-22-19-28-25-12-8-7-11-24(22)25)30-26(32)29-18-21-13-15-27(16-14-21,31(2)3)23-9-5-4-6-10-23;/h4-12,19-21,28H,13-18H2,1-3H3,(H2,29,30,32);1H. The lowest BCUT2D eigenvalue weighted by atomic mass is 9.72. The molecule has 5 nitrogen and oxygen atoms in total. The molecule has 0 radical (unpaired) electrons. The van der Waals surface area contributed by atoms with Crippen LogP contribution < -0.4 is 10.6 Å². The van der Waals surface area contributed by atoms with E-state index in [0.29, 0.717) is 5.92 Å². The number of carbonyl (C=O) groups excluding carboxylic acids is 1. The van der Waals surface area contributed by atoms with Crippen molar-refractivity contribution >= 4 is 29.3 Å². The molecule has 0 aliphatic heterocycles. The molecular weight excluding hydrogens is 432 g/mol. The Morgan fingerprint density at radius 2 is 1.76 bits per heavy atom. The molecule has 1 aliphatic carbocycles. The van der Waals surface area contributed by atoms with Gasteiger partial charge in [-0.3, -0.25) is 4.90 Å². The van der Waals surface area contributed by atoms with Gasteiger partial charge in [0.15, 0.2) is 0 Å². The van der Waals surface area contributed by atoms with Gasteiger partial charge in [-0.25, -0.2) is 4.79 Å². The molecule has 1 aliphatic rings. The highest BCUT2D eigenvalue weighted by atomic mass is 35.5. The average Bonchev–Trinajstić information content (AvgIpc) is 3.21. The van der Waals surface area contributed by atoms with Crippen LogP contribution in [0.5, 0.6) is 0 Å². The van der Waals surface area contributed by atoms with E-state index in [2.05, 4.69) is 90.1 Å². The normalized spacial score (nSPS) is 21.4. The number of nitrogens with one attached hydrogen (secondary N) is 3. The number of aromatic amines is 1. The Morgan fingerprint density at radius 1 is 1.09 bits per heavy atom. The zero-order chi connectivity index (χ0) is 22.6. The van der Waals surface area contributed by atoms with E-state index < -0.39 is 0 Å². The minimum atomic E-state index is -0.0650. The second kappa shape index (κ2) is 11.1. The van der Waals surface area contributed by atoms with Crippen molar-refractivity contribution in [3.05, 3.63) is 71.9 Å². The van der Waals surface area contributed by atoms with Crippen LogP contribution in [0.2, 0.25) is 0 Å². The van der Waals surface area contributed by atoms with Crippen LogP contribution in [0.1, 0.15) is 43.7 Å². The number of hydrogen-bond acceptors (Lipinski definition) is 2. The summed E-state index contributed by atoms with van der Waals surface area (Å²) in [7, 11) is 4.38. The lowest BCUT2D eigenvalue weighted by Crippen LogP contribution is -2.47. The highest BCUT2D eigenvalue weighted by Crippen LogP contribution is 2.42. The molecule has 0 saturated heterocycles. The monoisotopic (exact) mass is 468 g/mol. The molecule has 4 rings (SSSR count). The van der Waals surface area contributed by atoms with Crippen LogP contribution in [0.3, 0.4) is 0 Å². The van der Waals surface area contributed by atoms with Gasteiger partial charge in [0.2, 0.25) is 0 Å². The van der Waals surface area contributed by atoms with Crippen LogP contribution in [0.4, 0.5) is 4.79 Å². The quantitative estimate of drug-likeness (QED) is 0.430.